The van der Waals surface area contributed by atoms with E-state index >= 15 is 0 Å². The number of furan rings is 1. The van der Waals surface area contributed by atoms with Gasteiger partial charge in [-0.05, 0) is 48.0 Å². The Bertz CT molecular complexity index is 820. The first kappa shape index (κ1) is 16.1. The summed E-state index contributed by atoms with van der Waals surface area (Å²) in [4.78, 5) is 26.2. The van der Waals surface area contributed by atoms with Gasteiger partial charge in [-0.15, -0.1) is 0 Å². The third kappa shape index (κ3) is 3.00. The minimum absolute atomic E-state index is 0.0120. The van der Waals surface area contributed by atoms with Gasteiger partial charge in [-0.2, -0.15) is 0 Å². The van der Waals surface area contributed by atoms with Crippen molar-refractivity contribution >= 4 is 40.9 Å². The molecule has 0 radical (unpaired) electrons. The first-order valence-electron chi connectivity index (χ1n) is 7.51. The van der Waals surface area contributed by atoms with Crippen molar-refractivity contribution in [3.05, 3.63) is 59.6 Å². The molecule has 1 saturated heterocycles. The number of carbonyl (C=O) groups is 2. The number of amides is 2. The predicted molar refractivity (Wildman–Crippen MR) is 95.4 cm³/mol. The number of carbonyl (C=O) groups excluding carboxylic acids is 2. The molecule has 6 heteroatoms. The summed E-state index contributed by atoms with van der Waals surface area (Å²) in [6.07, 6.45) is 4.42. The van der Waals surface area contributed by atoms with Crippen LogP contribution in [-0.2, 0) is 9.59 Å². The monoisotopic (exact) mass is 340 g/mol. The quantitative estimate of drug-likeness (QED) is 0.529. The number of rotatable bonds is 3. The average molecular weight is 340 g/mol. The molecule has 0 unspecified atom stereocenters. The Balaban J connectivity index is 1.96. The van der Waals surface area contributed by atoms with E-state index < -0.39 is 11.8 Å². The highest BCUT2D eigenvalue weighted by Gasteiger charge is 2.34. The van der Waals surface area contributed by atoms with E-state index in [1.165, 1.54) is 23.5 Å². The molecule has 122 valence electrons. The van der Waals surface area contributed by atoms with Crippen LogP contribution in [0.25, 0.3) is 6.08 Å². The van der Waals surface area contributed by atoms with E-state index in [0.29, 0.717) is 17.2 Å². The van der Waals surface area contributed by atoms with Crippen LogP contribution in [0.5, 0.6) is 0 Å². The van der Waals surface area contributed by atoms with E-state index in [0.717, 1.165) is 5.56 Å². The fourth-order valence-electron chi connectivity index (χ4n) is 2.42. The van der Waals surface area contributed by atoms with Crippen molar-refractivity contribution < 1.29 is 14.0 Å². The normalized spacial score (nSPS) is 16.9. The van der Waals surface area contributed by atoms with Crippen LogP contribution in [0.15, 0.2) is 52.8 Å². The lowest BCUT2D eigenvalue weighted by Crippen LogP contribution is -2.54. The molecule has 5 nitrogen and oxygen atoms in total. The molecule has 1 fully saturated rings. The standard InChI is InChI=1S/C18H16N2O3S/c1-11(2)13-3-5-14(6-4-13)20-17(22)15(16(21)19-18(20)24)9-12-7-8-23-10-12/h3-11H,1-2H3,(H,19,21,24)/b15-9+. The second kappa shape index (κ2) is 6.41. The molecular formula is C18H16N2O3S. The zero-order chi connectivity index (χ0) is 17.3. The maximum absolute atomic E-state index is 12.8. The van der Waals surface area contributed by atoms with Crippen LogP contribution < -0.4 is 10.2 Å². The fourth-order valence-corrected chi connectivity index (χ4v) is 2.71. The topological polar surface area (TPSA) is 62.6 Å². The van der Waals surface area contributed by atoms with Gasteiger partial charge in [-0.3, -0.25) is 19.8 Å². The van der Waals surface area contributed by atoms with Crippen LogP contribution in [0.3, 0.4) is 0 Å². The van der Waals surface area contributed by atoms with E-state index in [-0.39, 0.29) is 10.7 Å². The molecule has 0 aliphatic carbocycles. The molecule has 24 heavy (non-hydrogen) atoms. The van der Waals surface area contributed by atoms with Crippen molar-refractivity contribution in [1.82, 2.24) is 5.32 Å². The predicted octanol–water partition coefficient (Wildman–Crippen LogP) is 3.23. The highest BCUT2D eigenvalue weighted by atomic mass is 32.1. The SMILES string of the molecule is CC(C)c1ccc(N2C(=O)/C(=C/c3ccoc3)C(=O)NC2=S)cc1. The van der Waals surface area contributed by atoms with E-state index in [1.807, 2.05) is 24.3 Å². The second-order valence-corrected chi connectivity index (χ2v) is 6.15. The van der Waals surface area contributed by atoms with Crippen molar-refractivity contribution in [2.24, 2.45) is 0 Å². The maximum Gasteiger partial charge on any atom is 0.270 e. The molecule has 2 aromatic rings. The molecule has 0 atom stereocenters. The summed E-state index contributed by atoms with van der Waals surface area (Å²) in [5.41, 5.74) is 2.43. The molecule has 0 spiro atoms. The largest absolute Gasteiger partial charge is 0.472 e. The number of nitrogens with zero attached hydrogens (tertiary/aromatic N) is 1. The Kier molecular flexibility index (Phi) is 4.31. The zero-order valence-corrected chi connectivity index (χ0v) is 14.1. The fraction of sp³-hybridized carbons (Fsp3) is 0.167. The highest BCUT2D eigenvalue weighted by Crippen LogP contribution is 2.24. The molecule has 1 aliphatic rings. The Labute approximate surface area is 144 Å². The summed E-state index contributed by atoms with van der Waals surface area (Å²) >= 11 is 5.18. The van der Waals surface area contributed by atoms with Crippen LogP contribution in [0.1, 0.15) is 30.9 Å². The average Bonchev–Trinajstić information content (AvgIpc) is 3.05. The van der Waals surface area contributed by atoms with Crippen LogP contribution in [0.2, 0.25) is 0 Å². The lowest BCUT2D eigenvalue weighted by Gasteiger charge is -2.29. The second-order valence-electron chi connectivity index (χ2n) is 5.76. The van der Waals surface area contributed by atoms with Crippen molar-refractivity contribution in [2.45, 2.75) is 19.8 Å². The number of anilines is 1. The van der Waals surface area contributed by atoms with Gasteiger partial charge in [0.25, 0.3) is 11.8 Å². The third-order valence-corrected chi connectivity index (χ3v) is 4.06. The number of benzene rings is 1. The molecule has 0 saturated carbocycles. The maximum atomic E-state index is 12.8. The number of hydrogen-bond acceptors (Lipinski definition) is 4. The van der Waals surface area contributed by atoms with Crippen molar-refractivity contribution in [3.63, 3.8) is 0 Å². The van der Waals surface area contributed by atoms with Gasteiger partial charge in [0.2, 0.25) is 0 Å². The summed E-state index contributed by atoms with van der Waals surface area (Å²) < 4.78 is 4.97. The van der Waals surface area contributed by atoms with Gasteiger partial charge in [0.1, 0.15) is 5.57 Å². The zero-order valence-electron chi connectivity index (χ0n) is 13.3. The lowest BCUT2D eigenvalue weighted by atomic mass is 10.0. The molecule has 2 amide bonds. The molecule has 1 aromatic carbocycles. The van der Waals surface area contributed by atoms with Crippen molar-refractivity contribution in [2.75, 3.05) is 4.90 Å². The molecule has 1 N–H and O–H groups in total. The van der Waals surface area contributed by atoms with Crippen LogP contribution in [0.4, 0.5) is 5.69 Å². The molecule has 3 rings (SSSR count). The summed E-state index contributed by atoms with van der Waals surface area (Å²) in [5.74, 6) is -0.581. The highest BCUT2D eigenvalue weighted by molar-refractivity contribution is 7.80. The molecule has 0 bridgehead atoms. The Morgan fingerprint density at radius 3 is 2.46 bits per heavy atom. The van der Waals surface area contributed by atoms with Gasteiger partial charge >= 0.3 is 0 Å². The first-order valence-corrected chi connectivity index (χ1v) is 7.92. The van der Waals surface area contributed by atoms with Gasteiger partial charge in [0.05, 0.1) is 18.2 Å². The van der Waals surface area contributed by atoms with Gasteiger partial charge < -0.3 is 4.42 Å². The van der Waals surface area contributed by atoms with Gasteiger partial charge in [0, 0.05) is 5.56 Å². The summed E-state index contributed by atoms with van der Waals surface area (Å²) in [7, 11) is 0. The van der Waals surface area contributed by atoms with Crippen LogP contribution in [-0.4, -0.2) is 16.9 Å². The molecule has 1 aromatic heterocycles. The van der Waals surface area contributed by atoms with E-state index in [4.69, 9.17) is 16.6 Å². The van der Waals surface area contributed by atoms with Gasteiger partial charge in [-0.25, -0.2) is 0 Å². The lowest BCUT2D eigenvalue weighted by molar-refractivity contribution is -0.122. The smallest absolute Gasteiger partial charge is 0.270 e. The van der Waals surface area contributed by atoms with Crippen LogP contribution in [0, 0.1) is 0 Å². The Morgan fingerprint density at radius 1 is 1.17 bits per heavy atom. The van der Waals surface area contributed by atoms with Gasteiger partial charge in [-0.1, -0.05) is 26.0 Å². The number of thiocarbonyl (C=S) groups is 1. The van der Waals surface area contributed by atoms with E-state index in [2.05, 4.69) is 19.2 Å². The number of hydrogen-bond donors (Lipinski definition) is 1. The minimum atomic E-state index is -0.513. The summed E-state index contributed by atoms with van der Waals surface area (Å²) in [6, 6.07) is 9.22. The Morgan fingerprint density at radius 2 is 1.88 bits per heavy atom. The minimum Gasteiger partial charge on any atom is -0.472 e. The molecule has 1 aliphatic heterocycles. The molecule has 2 heterocycles. The number of nitrogens with one attached hydrogen (secondary N) is 1. The third-order valence-electron chi connectivity index (χ3n) is 3.77. The summed E-state index contributed by atoms with van der Waals surface area (Å²) in [5, 5.41) is 2.63. The van der Waals surface area contributed by atoms with Crippen molar-refractivity contribution in [3.8, 4) is 0 Å². The Hall–Kier alpha value is -2.73. The summed E-state index contributed by atoms with van der Waals surface area (Å²) in [6.45, 7) is 4.19. The van der Waals surface area contributed by atoms with E-state index in [1.54, 1.807) is 6.07 Å². The van der Waals surface area contributed by atoms with Crippen molar-refractivity contribution in [1.29, 1.82) is 0 Å². The molecular weight excluding hydrogens is 324 g/mol. The van der Waals surface area contributed by atoms with E-state index in [9.17, 15) is 9.59 Å². The van der Waals surface area contributed by atoms with Crippen LogP contribution >= 0.6 is 12.2 Å². The van der Waals surface area contributed by atoms with Gasteiger partial charge in [0.15, 0.2) is 5.11 Å². The first-order chi connectivity index (χ1) is 11.5.